The Balaban J connectivity index is 1.82. The number of halogens is 1. The number of methoxy groups -OCH3 is 1. The second-order valence-electron chi connectivity index (χ2n) is 5.73. The zero-order valence-electron chi connectivity index (χ0n) is 14.0. The maximum absolute atomic E-state index is 13.6. The molecule has 0 fully saturated rings. The monoisotopic (exact) mass is 321 g/mol. The van der Waals surface area contributed by atoms with Gasteiger partial charge >= 0.3 is 0 Å². The van der Waals surface area contributed by atoms with Crippen molar-refractivity contribution >= 4 is 0 Å². The van der Waals surface area contributed by atoms with Crippen molar-refractivity contribution in [2.24, 2.45) is 0 Å². The van der Waals surface area contributed by atoms with E-state index in [-0.39, 0.29) is 5.82 Å². The molecule has 5 nitrogen and oxygen atoms in total. The molecule has 0 aliphatic heterocycles. The molecule has 1 aromatic carbocycles. The third-order valence-electron chi connectivity index (χ3n) is 3.72. The number of ether oxygens (including phenoxy) is 1. The van der Waals surface area contributed by atoms with E-state index in [1.165, 1.54) is 6.07 Å². The standard InChI is InChI=1S/C17H24FN3O2/c1-13-7-8-14(12-15(13)18)17-19-16(23-20-17)6-4-9-21(2)10-5-11-22-3/h7-8,12H,4-6,9-11H2,1-3H3. The molecule has 23 heavy (non-hydrogen) atoms. The molecule has 6 heteroatoms. The van der Waals surface area contributed by atoms with Crippen molar-refractivity contribution in [3.8, 4) is 11.4 Å². The first kappa shape index (κ1) is 17.6. The van der Waals surface area contributed by atoms with Gasteiger partial charge in [-0.2, -0.15) is 4.98 Å². The van der Waals surface area contributed by atoms with Gasteiger partial charge in [0.1, 0.15) is 5.82 Å². The number of nitrogens with zero attached hydrogens (tertiary/aromatic N) is 3. The summed E-state index contributed by atoms with van der Waals surface area (Å²) in [6.45, 7) is 4.47. The summed E-state index contributed by atoms with van der Waals surface area (Å²) >= 11 is 0. The fourth-order valence-electron chi connectivity index (χ4n) is 2.30. The summed E-state index contributed by atoms with van der Waals surface area (Å²) in [7, 11) is 3.80. The van der Waals surface area contributed by atoms with Crippen LogP contribution in [0.4, 0.5) is 4.39 Å². The van der Waals surface area contributed by atoms with Crippen LogP contribution in [0.15, 0.2) is 22.7 Å². The number of aryl methyl sites for hydroxylation is 2. The zero-order chi connectivity index (χ0) is 16.7. The first-order valence-corrected chi connectivity index (χ1v) is 7.86. The molecule has 0 saturated carbocycles. The topological polar surface area (TPSA) is 51.4 Å². The summed E-state index contributed by atoms with van der Waals surface area (Å²) in [5.74, 6) is 0.769. The maximum atomic E-state index is 13.6. The van der Waals surface area contributed by atoms with Crippen LogP contribution >= 0.6 is 0 Å². The molecule has 0 spiro atoms. The van der Waals surface area contributed by atoms with Crippen LogP contribution in [0, 0.1) is 12.7 Å². The molecule has 0 radical (unpaired) electrons. The number of aromatic nitrogens is 2. The SMILES string of the molecule is COCCCN(C)CCCc1nc(-c2ccc(C)c(F)c2)no1. The lowest BCUT2D eigenvalue weighted by Gasteiger charge is -2.15. The molecular formula is C17H24FN3O2. The van der Waals surface area contributed by atoms with Crippen molar-refractivity contribution < 1.29 is 13.7 Å². The predicted molar refractivity (Wildman–Crippen MR) is 86.7 cm³/mol. The van der Waals surface area contributed by atoms with Crippen molar-refractivity contribution in [1.82, 2.24) is 15.0 Å². The fraction of sp³-hybridized carbons (Fsp3) is 0.529. The van der Waals surface area contributed by atoms with Gasteiger partial charge in [0.05, 0.1) is 0 Å². The molecule has 0 unspecified atom stereocenters. The minimum atomic E-state index is -0.258. The Morgan fingerprint density at radius 2 is 2.04 bits per heavy atom. The summed E-state index contributed by atoms with van der Waals surface area (Å²) in [6, 6.07) is 4.96. The Morgan fingerprint density at radius 3 is 2.78 bits per heavy atom. The van der Waals surface area contributed by atoms with E-state index < -0.39 is 0 Å². The Labute approximate surface area is 136 Å². The van der Waals surface area contributed by atoms with Gasteiger partial charge in [-0.15, -0.1) is 0 Å². The fourth-order valence-corrected chi connectivity index (χ4v) is 2.30. The highest BCUT2D eigenvalue weighted by molar-refractivity contribution is 5.54. The van der Waals surface area contributed by atoms with Gasteiger partial charge < -0.3 is 14.2 Å². The van der Waals surface area contributed by atoms with Crippen molar-refractivity contribution in [3.05, 3.63) is 35.5 Å². The molecule has 2 rings (SSSR count). The van der Waals surface area contributed by atoms with Gasteiger partial charge in [0.15, 0.2) is 0 Å². The first-order valence-electron chi connectivity index (χ1n) is 7.86. The number of hydrogen-bond acceptors (Lipinski definition) is 5. The lowest BCUT2D eigenvalue weighted by molar-refractivity contribution is 0.179. The van der Waals surface area contributed by atoms with E-state index in [9.17, 15) is 4.39 Å². The Hall–Kier alpha value is -1.79. The minimum absolute atomic E-state index is 0.258. The van der Waals surface area contributed by atoms with Crippen LogP contribution in [-0.2, 0) is 11.2 Å². The van der Waals surface area contributed by atoms with Crippen LogP contribution < -0.4 is 0 Å². The van der Waals surface area contributed by atoms with Gasteiger partial charge in [0.2, 0.25) is 11.7 Å². The molecule has 0 bridgehead atoms. The lowest BCUT2D eigenvalue weighted by Crippen LogP contribution is -2.22. The largest absolute Gasteiger partial charge is 0.385 e. The molecule has 126 valence electrons. The molecule has 2 aromatic rings. The molecular weight excluding hydrogens is 297 g/mol. The third kappa shape index (κ3) is 5.41. The normalized spacial score (nSPS) is 11.3. The molecule has 0 saturated heterocycles. The first-order chi connectivity index (χ1) is 11.1. The van der Waals surface area contributed by atoms with Crippen LogP contribution in [0.3, 0.4) is 0 Å². The Kier molecular flexibility index (Phi) is 6.67. The minimum Gasteiger partial charge on any atom is -0.385 e. The average molecular weight is 321 g/mol. The van der Waals surface area contributed by atoms with Gasteiger partial charge in [-0.3, -0.25) is 0 Å². The number of rotatable bonds is 9. The van der Waals surface area contributed by atoms with Crippen LogP contribution in [0.2, 0.25) is 0 Å². The highest BCUT2D eigenvalue weighted by Crippen LogP contribution is 2.19. The van der Waals surface area contributed by atoms with Crippen LogP contribution in [0.1, 0.15) is 24.3 Å². The summed E-state index contributed by atoms with van der Waals surface area (Å²) in [4.78, 5) is 6.60. The van der Waals surface area contributed by atoms with Crippen molar-refractivity contribution in [2.45, 2.75) is 26.2 Å². The molecule has 1 aromatic heterocycles. The highest BCUT2D eigenvalue weighted by atomic mass is 19.1. The maximum Gasteiger partial charge on any atom is 0.227 e. The van der Waals surface area contributed by atoms with Gasteiger partial charge in [0, 0.05) is 32.2 Å². The van der Waals surface area contributed by atoms with Crippen LogP contribution in [0.25, 0.3) is 11.4 Å². The smallest absolute Gasteiger partial charge is 0.227 e. The quantitative estimate of drug-likeness (QED) is 0.664. The molecule has 0 amide bonds. The third-order valence-corrected chi connectivity index (χ3v) is 3.72. The number of hydrogen-bond donors (Lipinski definition) is 0. The van der Waals surface area contributed by atoms with Crippen molar-refractivity contribution in [1.29, 1.82) is 0 Å². The predicted octanol–water partition coefficient (Wildman–Crippen LogP) is 3.09. The van der Waals surface area contributed by atoms with E-state index in [0.717, 1.165) is 39.0 Å². The summed E-state index contributed by atoms with van der Waals surface area (Å²) in [6.07, 6.45) is 2.68. The van der Waals surface area contributed by atoms with Gasteiger partial charge in [-0.05, 0) is 45.0 Å². The molecule has 0 aliphatic carbocycles. The van der Waals surface area contributed by atoms with Crippen LogP contribution in [0.5, 0.6) is 0 Å². The van der Waals surface area contributed by atoms with E-state index in [4.69, 9.17) is 9.26 Å². The average Bonchev–Trinajstić information content (AvgIpc) is 2.99. The summed E-state index contributed by atoms with van der Waals surface area (Å²) in [5, 5.41) is 3.93. The molecule has 0 atom stereocenters. The van der Waals surface area contributed by atoms with E-state index in [1.807, 2.05) is 0 Å². The van der Waals surface area contributed by atoms with Crippen molar-refractivity contribution in [3.63, 3.8) is 0 Å². The molecule has 0 N–H and O–H groups in total. The van der Waals surface area contributed by atoms with Gasteiger partial charge in [-0.25, -0.2) is 4.39 Å². The summed E-state index contributed by atoms with van der Waals surface area (Å²) in [5.41, 5.74) is 1.24. The highest BCUT2D eigenvalue weighted by Gasteiger charge is 2.10. The second kappa shape index (κ2) is 8.74. The van der Waals surface area contributed by atoms with Crippen molar-refractivity contribution in [2.75, 3.05) is 33.9 Å². The Morgan fingerprint density at radius 1 is 1.26 bits per heavy atom. The van der Waals surface area contributed by atoms with E-state index in [2.05, 4.69) is 22.1 Å². The zero-order valence-corrected chi connectivity index (χ0v) is 14.0. The van der Waals surface area contributed by atoms with E-state index >= 15 is 0 Å². The van der Waals surface area contributed by atoms with E-state index in [1.54, 1.807) is 26.2 Å². The van der Waals surface area contributed by atoms with Gasteiger partial charge in [-0.1, -0.05) is 17.3 Å². The second-order valence-corrected chi connectivity index (χ2v) is 5.73. The van der Waals surface area contributed by atoms with Gasteiger partial charge in [0.25, 0.3) is 0 Å². The van der Waals surface area contributed by atoms with E-state index in [0.29, 0.717) is 22.8 Å². The lowest BCUT2D eigenvalue weighted by atomic mass is 10.1. The summed E-state index contributed by atoms with van der Waals surface area (Å²) < 4.78 is 23.9. The van der Waals surface area contributed by atoms with Crippen LogP contribution in [-0.4, -0.2) is 48.9 Å². The number of benzene rings is 1. The molecule has 0 aliphatic rings. The Bertz CT molecular complexity index is 616. The molecule has 1 heterocycles.